The van der Waals surface area contributed by atoms with Crippen molar-refractivity contribution in [1.29, 1.82) is 0 Å². The first-order valence-electron chi connectivity index (χ1n) is 7.18. The number of hydrogen-bond acceptors (Lipinski definition) is 2. The SMILES string of the molecule is CC(=O)O[C@H]1C=CCC1(c1ccccc1)c1ccccc1. The van der Waals surface area contributed by atoms with E-state index in [0.717, 1.165) is 6.42 Å². The normalized spacial score (nSPS) is 19.4. The van der Waals surface area contributed by atoms with E-state index < -0.39 is 0 Å². The highest BCUT2D eigenvalue weighted by atomic mass is 16.5. The van der Waals surface area contributed by atoms with Crippen LogP contribution in [-0.2, 0) is 14.9 Å². The van der Waals surface area contributed by atoms with Gasteiger partial charge in [-0.05, 0) is 23.6 Å². The van der Waals surface area contributed by atoms with E-state index in [9.17, 15) is 4.79 Å². The predicted octanol–water partition coefficient (Wildman–Crippen LogP) is 3.86. The van der Waals surface area contributed by atoms with Crippen molar-refractivity contribution in [2.24, 2.45) is 0 Å². The molecule has 3 rings (SSSR count). The zero-order valence-electron chi connectivity index (χ0n) is 12.0. The van der Waals surface area contributed by atoms with Gasteiger partial charge in [-0.3, -0.25) is 4.79 Å². The van der Waals surface area contributed by atoms with Crippen molar-refractivity contribution < 1.29 is 9.53 Å². The molecule has 2 aromatic rings. The molecule has 1 aliphatic carbocycles. The number of ether oxygens (including phenoxy) is 1. The Hall–Kier alpha value is -2.35. The summed E-state index contributed by atoms with van der Waals surface area (Å²) in [5.74, 6) is -0.247. The van der Waals surface area contributed by atoms with Gasteiger partial charge >= 0.3 is 5.97 Å². The van der Waals surface area contributed by atoms with Gasteiger partial charge < -0.3 is 4.74 Å². The first kappa shape index (κ1) is 13.6. The molecule has 2 aromatic carbocycles. The molecule has 0 saturated heterocycles. The van der Waals surface area contributed by atoms with Crippen LogP contribution in [0.5, 0.6) is 0 Å². The summed E-state index contributed by atoms with van der Waals surface area (Å²) in [6.45, 7) is 1.47. The monoisotopic (exact) mass is 278 g/mol. The molecule has 21 heavy (non-hydrogen) atoms. The molecule has 0 aromatic heterocycles. The van der Waals surface area contributed by atoms with E-state index in [1.165, 1.54) is 18.1 Å². The van der Waals surface area contributed by atoms with Gasteiger partial charge in [-0.2, -0.15) is 0 Å². The van der Waals surface area contributed by atoms with Crippen LogP contribution in [0.2, 0.25) is 0 Å². The molecule has 0 fully saturated rings. The van der Waals surface area contributed by atoms with E-state index >= 15 is 0 Å². The Bertz CT molecular complexity index is 604. The zero-order valence-corrected chi connectivity index (χ0v) is 12.0. The van der Waals surface area contributed by atoms with Crippen molar-refractivity contribution >= 4 is 5.97 Å². The van der Waals surface area contributed by atoms with Gasteiger partial charge in [-0.15, -0.1) is 0 Å². The Labute approximate surface area is 125 Å². The molecule has 1 aliphatic rings. The molecular formula is C19H18O2. The second-order valence-corrected chi connectivity index (χ2v) is 5.37. The first-order valence-corrected chi connectivity index (χ1v) is 7.18. The molecule has 0 unspecified atom stereocenters. The molecule has 1 atom stereocenters. The highest BCUT2D eigenvalue weighted by molar-refractivity contribution is 5.67. The molecule has 0 N–H and O–H groups in total. The topological polar surface area (TPSA) is 26.3 Å². The Morgan fingerprint density at radius 1 is 1.00 bits per heavy atom. The van der Waals surface area contributed by atoms with Crippen molar-refractivity contribution in [1.82, 2.24) is 0 Å². The van der Waals surface area contributed by atoms with E-state index in [-0.39, 0.29) is 17.5 Å². The summed E-state index contributed by atoms with van der Waals surface area (Å²) in [6.07, 6.45) is 4.67. The number of carbonyl (C=O) groups is 1. The summed E-state index contributed by atoms with van der Waals surface area (Å²) in [6, 6.07) is 20.6. The lowest BCUT2D eigenvalue weighted by molar-refractivity contribution is -0.146. The summed E-state index contributed by atoms with van der Waals surface area (Å²) in [4.78, 5) is 11.5. The lowest BCUT2D eigenvalue weighted by atomic mass is 9.71. The summed E-state index contributed by atoms with van der Waals surface area (Å²) in [5.41, 5.74) is 2.02. The van der Waals surface area contributed by atoms with Crippen molar-refractivity contribution in [3.63, 3.8) is 0 Å². The molecule has 0 radical (unpaired) electrons. The van der Waals surface area contributed by atoms with Crippen molar-refractivity contribution in [2.75, 3.05) is 0 Å². The van der Waals surface area contributed by atoms with Gasteiger partial charge in [0.15, 0.2) is 0 Å². The molecule has 0 spiro atoms. The lowest BCUT2D eigenvalue weighted by Gasteiger charge is -2.36. The summed E-state index contributed by atoms with van der Waals surface area (Å²) >= 11 is 0. The van der Waals surface area contributed by atoms with Crippen LogP contribution in [-0.4, -0.2) is 12.1 Å². The molecule has 2 heteroatoms. The number of rotatable bonds is 3. The number of hydrogen-bond donors (Lipinski definition) is 0. The van der Waals surface area contributed by atoms with Gasteiger partial charge in [0, 0.05) is 6.92 Å². The molecule has 0 amide bonds. The maximum atomic E-state index is 11.5. The average molecular weight is 278 g/mol. The smallest absolute Gasteiger partial charge is 0.303 e. The standard InChI is InChI=1S/C19H18O2/c1-15(20)21-18-13-8-14-19(18,16-9-4-2-5-10-16)17-11-6-3-7-12-17/h2-13,18H,14H2,1H3/t18-/m0/s1. The van der Waals surface area contributed by atoms with Crippen LogP contribution in [0.1, 0.15) is 24.5 Å². The number of benzene rings is 2. The van der Waals surface area contributed by atoms with Gasteiger partial charge in [0.05, 0.1) is 5.41 Å². The third kappa shape index (κ3) is 2.38. The minimum Gasteiger partial charge on any atom is -0.457 e. The Morgan fingerprint density at radius 2 is 1.52 bits per heavy atom. The Kier molecular flexibility index (Phi) is 3.61. The predicted molar refractivity (Wildman–Crippen MR) is 83.0 cm³/mol. The van der Waals surface area contributed by atoms with Gasteiger partial charge in [0.2, 0.25) is 0 Å². The van der Waals surface area contributed by atoms with E-state index in [0.29, 0.717) is 0 Å². The molecule has 0 bridgehead atoms. The largest absolute Gasteiger partial charge is 0.457 e. The van der Waals surface area contributed by atoms with Crippen LogP contribution in [0.15, 0.2) is 72.8 Å². The maximum absolute atomic E-state index is 11.5. The van der Waals surface area contributed by atoms with E-state index in [2.05, 4.69) is 30.3 Å². The van der Waals surface area contributed by atoms with Crippen LogP contribution in [0.25, 0.3) is 0 Å². The van der Waals surface area contributed by atoms with Crippen LogP contribution < -0.4 is 0 Å². The zero-order chi connectivity index (χ0) is 14.7. The molecule has 0 saturated carbocycles. The number of esters is 1. The first-order chi connectivity index (χ1) is 10.2. The second kappa shape index (κ2) is 5.57. The molecule has 0 heterocycles. The molecule has 2 nitrogen and oxygen atoms in total. The average Bonchev–Trinajstić information content (AvgIpc) is 2.93. The quantitative estimate of drug-likeness (QED) is 0.629. The van der Waals surface area contributed by atoms with Crippen LogP contribution in [0.4, 0.5) is 0 Å². The van der Waals surface area contributed by atoms with Gasteiger partial charge in [-0.1, -0.05) is 66.7 Å². The minimum absolute atomic E-state index is 0.247. The lowest BCUT2D eigenvalue weighted by Crippen LogP contribution is -2.39. The maximum Gasteiger partial charge on any atom is 0.303 e. The van der Waals surface area contributed by atoms with Gasteiger partial charge in [0.25, 0.3) is 0 Å². The number of carbonyl (C=O) groups excluding carboxylic acids is 1. The van der Waals surface area contributed by atoms with Crippen molar-refractivity contribution in [3.8, 4) is 0 Å². The summed E-state index contributed by atoms with van der Waals surface area (Å²) in [7, 11) is 0. The van der Waals surface area contributed by atoms with Gasteiger partial charge in [-0.25, -0.2) is 0 Å². The van der Waals surface area contributed by atoms with E-state index in [1.54, 1.807) is 0 Å². The molecule has 106 valence electrons. The molecular weight excluding hydrogens is 260 g/mol. The van der Waals surface area contributed by atoms with Crippen LogP contribution in [0.3, 0.4) is 0 Å². The summed E-state index contributed by atoms with van der Waals surface area (Å²) in [5, 5.41) is 0. The molecule has 0 aliphatic heterocycles. The second-order valence-electron chi connectivity index (χ2n) is 5.37. The fourth-order valence-corrected chi connectivity index (χ4v) is 3.18. The fraction of sp³-hybridized carbons (Fsp3) is 0.211. The number of allylic oxidation sites excluding steroid dienone is 1. The third-order valence-corrected chi connectivity index (χ3v) is 4.11. The van der Waals surface area contributed by atoms with Crippen molar-refractivity contribution in [2.45, 2.75) is 24.9 Å². The van der Waals surface area contributed by atoms with Crippen molar-refractivity contribution in [3.05, 3.63) is 83.9 Å². The third-order valence-electron chi connectivity index (χ3n) is 4.11. The van der Waals surface area contributed by atoms with Crippen LogP contribution >= 0.6 is 0 Å². The highest BCUT2D eigenvalue weighted by Gasteiger charge is 2.45. The van der Waals surface area contributed by atoms with Gasteiger partial charge in [0.1, 0.15) is 6.10 Å². The van der Waals surface area contributed by atoms with E-state index in [1.807, 2.05) is 42.5 Å². The van der Waals surface area contributed by atoms with E-state index in [4.69, 9.17) is 4.74 Å². The highest BCUT2D eigenvalue weighted by Crippen LogP contribution is 2.44. The Balaban J connectivity index is 2.14. The minimum atomic E-state index is -0.325. The Morgan fingerprint density at radius 3 is 2.00 bits per heavy atom. The summed E-state index contributed by atoms with van der Waals surface area (Å²) < 4.78 is 5.61. The van der Waals surface area contributed by atoms with Crippen LogP contribution in [0, 0.1) is 0 Å². The fourth-order valence-electron chi connectivity index (χ4n) is 3.18.